The second kappa shape index (κ2) is 5.02. The molecule has 4 heteroatoms. The van der Waals surface area contributed by atoms with E-state index in [4.69, 9.17) is 15.2 Å². The first-order chi connectivity index (χ1) is 8.58. The molecule has 2 N–H and O–H groups in total. The van der Waals surface area contributed by atoms with Gasteiger partial charge in [0, 0.05) is 17.0 Å². The summed E-state index contributed by atoms with van der Waals surface area (Å²) in [6.45, 7) is 2.07. The van der Waals surface area contributed by atoms with E-state index in [1.807, 2.05) is 6.26 Å². The Labute approximate surface area is 113 Å². The van der Waals surface area contributed by atoms with Crippen LogP contribution in [0, 0.1) is 0 Å². The number of benzene rings is 1. The predicted molar refractivity (Wildman–Crippen MR) is 75.9 cm³/mol. The molecule has 0 amide bonds. The van der Waals surface area contributed by atoms with Gasteiger partial charge in [0.2, 0.25) is 0 Å². The van der Waals surface area contributed by atoms with Gasteiger partial charge < -0.3 is 15.2 Å². The Balaban J connectivity index is 2.53. The topological polar surface area (TPSA) is 44.5 Å². The predicted octanol–water partition coefficient (Wildman–Crippen LogP) is 2.80. The molecule has 1 saturated carbocycles. The Hall–Kier alpha value is -0.870. The van der Waals surface area contributed by atoms with Gasteiger partial charge in [-0.3, -0.25) is 0 Å². The van der Waals surface area contributed by atoms with Gasteiger partial charge in [-0.2, -0.15) is 0 Å². The normalized spacial score (nSPS) is 18.3. The van der Waals surface area contributed by atoms with Crippen LogP contribution in [0.4, 0.5) is 0 Å². The van der Waals surface area contributed by atoms with Crippen molar-refractivity contribution in [2.75, 3.05) is 20.5 Å². The van der Waals surface area contributed by atoms with Crippen molar-refractivity contribution in [1.82, 2.24) is 0 Å². The Morgan fingerprint density at radius 3 is 2.22 bits per heavy atom. The number of thioether (sulfide) groups is 1. The largest absolute Gasteiger partial charge is 0.496 e. The van der Waals surface area contributed by atoms with Gasteiger partial charge in [0.25, 0.3) is 0 Å². The Morgan fingerprint density at radius 1 is 1.22 bits per heavy atom. The molecule has 1 atom stereocenters. The van der Waals surface area contributed by atoms with Crippen molar-refractivity contribution in [3.8, 4) is 11.5 Å². The quantitative estimate of drug-likeness (QED) is 0.833. The Bertz CT molecular complexity index is 442. The molecule has 18 heavy (non-hydrogen) atoms. The number of hydrogen-bond donors (Lipinski definition) is 1. The number of nitrogens with two attached hydrogens (primary N) is 1. The van der Waals surface area contributed by atoms with Crippen molar-refractivity contribution in [3.63, 3.8) is 0 Å². The highest BCUT2D eigenvalue weighted by atomic mass is 32.2. The monoisotopic (exact) mass is 267 g/mol. The van der Waals surface area contributed by atoms with E-state index in [1.165, 1.54) is 5.56 Å². The van der Waals surface area contributed by atoms with E-state index in [0.29, 0.717) is 0 Å². The summed E-state index contributed by atoms with van der Waals surface area (Å²) >= 11 is 1.66. The summed E-state index contributed by atoms with van der Waals surface area (Å²) < 4.78 is 11.0. The zero-order valence-electron chi connectivity index (χ0n) is 11.4. The van der Waals surface area contributed by atoms with Crippen LogP contribution in [0.2, 0.25) is 0 Å². The third-order valence-electron chi connectivity index (χ3n) is 3.90. The maximum absolute atomic E-state index is 6.15. The first-order valence-electron chi connectivity index (χ1n) is 6.15. The van der Waals surface area contributed by atoms with E-state index in [0.717, 1.165) is 29.2 Å². The maximum Gasteiger partial charge on any atom is 0.132 e. The average molecular weight is 267 g/mol. The zero-order valence-corrected chi connectivity index (χ0v) is 12.3. The zero-order chi connectivity index (χ0) is 13.3. The van der Waals surface area contributed by atoms with Crippen LogP contribution in [0.3, 0.4) is 0 Å². The molecular weight excluding hydrogens is 246 g/mol. The lowest BCUT2D eigenvalue weighted by Gasteiger charge is -2.24. The van der Waals surface area contributed by atoms with Crippen molar-refractivity contribution in [3.05, 3.63) is 17.7 Å². The summed E-state index contributed by atoms with van der Waals surface area (Å²) in [7, 11) is 3.42. The summed E-state index contributed by atoms with van der Waals surface area (Å²) in [5.41, 5.74) is 7.42. The van der Waals surface area contributed by atoms with Crippen LogP contribution in [-0.4, -0.2) is 26.5 Å². The van der Waals surface area contributed by atoms with Crippen LogP contribution in [-0.2, 0) is 5.41 Å². The highest BCUT2D eigenvalue weighted by Crippen LogP contribution is 2.54. The van der Waals surface area contributed by atoms with Gasteiger partial charge in [0.05, 0.1) is 19.1 Å². The first kappa shape index (κ1) is 13.6. The molecule has 0 heterocycles. The number of ether oxygens (including phenoxy) is 2. The van der Waals surface area contributed by atoms with Crippen LogP contribution >= 0.6 is 11.8 Å². The first-order valence-corrected chi connectivity index (χ1v) is 7.37. The molecule has 0 aliphatic heterocycles. The fourth-order valence-electron chi connectivity index (χ4n) is 2.52. The summed E-state index contributed by atoms with van der Waals surface area (Å²) in [5.74, 6) is 1.83. The fourth-order valence-corrected chi connectivity index (χ4v) is 3.09. The van der Waals surface area contributed by atoms with Crippen LogP contribution < -0.4 is 15.2 Å². The summed E-state index contributed by atoms with van der Waals surface area (Å²) in [6.07, 6.45) is 4.29. The number of hydrogen-bond acceptors (Lipinski definition) is 4. The second-order valence-corrected chi connectivity index (χ2v) is 5.70. The van der Waals surface area contributed by atoms with E-state index in [-0.39, 0.29) is 11.5 Å². The van der Waals surface area contributed by atoms with E-state index < -0.39 is 0 Å². The van der Waals surface area contributed by atoms with Gasteiger partial charge in [0.15, 0.2) is 0 Å². The van der Waals surface area contributed by atoms with E-state index in [2.05, 4.69) is 19.1 Å². The molecule has 1 aliphatic rings. The average Bonchev–Trinajstić information content (AvgIpc) is 3.18. The molecule has 0 bridgehead atoms. The lowest BCUT2D eigenvalue weighted by molar-refractivity contribution is 0.382. The van der Waals surface area contributed by atoms with Crippen molar-refractivity contribution in [2.45, 2.75) is 36.1 Å². The molecule has 100 valence electrons. The molecular formula is C14H21NO2S. The third kappa shape index (κ3) is 2.08. The highest BCUT2D eigenvalue weighted by molar-refractivity contribution is 7.98. The highest BCUT2D eigenvalue weighted by Gasteiger charge is 2.49. The second-order valence-electron chi connectivity index (χ2n) is 4.85. The lowest BCUT2D eigenvalue weighted by Crippen LogP contribution is -2.31. The minimum absolute atomic E-state index is 0.0789. The summed E-state index contributed by atoms with van der Waals surface area (Å²) in [5, 5.41) is 0. The minimum Gasteiger partial charge on any atom is -0.496 e. The standard InChI is InChI=1S/C14H21NO2S/c1-9(15)14(5-6-14)10-7-12(17-3)13(18-4)8-11(10)16-2/h7-9H,5-6,15H2,1-4H3. The molecule has 3 nitrogen and oxygen atoms in total. The lowest BCUT2D eigenvalue weighted by atomic mass is 9.88. The van der Waals surface area contributed by atoms with Gasteiger partial charge in [-0.15, -0.1) is 11.8 Å². The molecule has 1 unspecified atom stereocenters. The van der Waals surface area contributed by atoms with E-state index in [1.54, 1.807) is 26.0 Å². The van der Waals surface area contributed by atoms with E-state index >= 15 is 0 Å². The maximum atomic E-state index is 6.15. The SMILES string of the molecule is COc1cc(C2(C(C)N)CC2)c(OC)cc1SC. The fraction of sp³-hybridized carbons (Fsp3) is 0.571. The smallest absolute Gasteiger partial charge is 0.132 e. The molecule has 0 spiro atoms. The third-order valence-corrected chi connectivity index (χ3v) is 4.66. The Kier molecular flexibility index (Phi) is 3.78. The van der Waals surface area contributed by atoms with Gasteiger partial charge >= 0.3 is 0 Å². The van der Waals surface area contributed by atoms with Crippen molar-refractivity contribution in [2.24, 2.45) is 5.73 Å². The van der Waals surface area contributed by atoms with Gasteiger partial charge in [-0.25, -0.2) is 0 Å². The minimum atomic E-state index is 0.0789. The van der Waals surface area contributed by atoms with E-state index in [9.17, 15) is 0 Å². The number of rotatable bonds is 5. The van der Waals surface area contributed by atoms with Crippen LogP contribution in [0.25, 0.3) is 0 Å². The summed E-state index contributed by atoms with van der Waals surface area (Å²) in [6, 6.07) is 4.29. The van der Waals surface area contributed by atoms with Crippen LogP contribution in [0.15, 0.2) is 17.0 Å². The van der Waals surface area contributed by atoms with Gasteiger partial charge in [-0.1, -0.05) is 0 Å². The molecule has 0 radical (unpaired) electrons. The molecule has 1 fully saturated rings. The molecule has 1 aromatic rings. The number of methoxy groups -OCH3 is 2. The Morgan fingerprint density at radius 2 is 1.83 bits per heavy atom. The van der Waals surface area contributed by atoms with Crippen molar-refractivity contribution in [1.29, 1.82) is 0 Å². The van der Waals surface area contributed by atoms with Crippen LogP contribution in [0.5, 0.6) is 11.5 Å². The van der Waals surface area contributed by atoms with Crippen LogP contribution in [0.1, 0.15) is 25.3 Å². The van der Waals surface area contributed by atoms with Gasteiger partial charge in [-0.05, 0) is 38.2 Å². The molecule has 0 saturated heterocycles. The van der Waals surface area contributed by atoms with Gasteiger partial charge in [0.1, 0.15) is 11.5 Å². The molecule has 1 aromatic carbocycles. The molecule has 2 rings (SSSR count). The molecule has 1 aliphatic carbocycles. The molecule has 0 aromatic heterocycles. The van der Waals surface area contributed by atoms with Crippen molar-refractivity contribution >= 4 is 11.8 Å². The van der Waals surface area contributed by atoms with Crippen molar-refractivity contribution < 1.29 is 9.47 Å². The summed E-state index contributed by atoms with van der Waals surface area (Å²) in [4.78, 5) is 1.10.